The molecular formula is C8H10O2S. The first-order valence-electron chi connectivity index (χ1n) is 3.37. The molecular weight excluding hydrogens is 160 g/mol. The molecule has 0 aromatic carbocycles. The average Bonchev–Trinajstić information content (AvgIpc) is 2.55. The van der Waals surface area contributed by atoms with Crippen molar-refractivity contribution in [1.29, 1.82) is 0 Å². The molecule has 0 unspecified atom stereocenters. The summed E-state index contributed by atoms with van der Waals surface area (Å²) in [5.41, 5.74) is 0. The van der Waals surface area contributed by atoms with Crippen molar-refractivity contribution in [3.8, 4) is 0 Å². The molecule has 0 bridgehead atoms. The monoisotopic (exact) mass is 170 g/mol. The van der Waals surface area contributed by atoms with Gasteiger partial charge in [-0.05, 0) is 12.1 Å². The van der Waals surface area contributed by atoms with E-state index in [1.165, 1.54) is 11.3 Å². The minimum absolute atomic E-state index is 0.595. The molecule has 0 aliphatic rings. The standard InChI is InChI=1S/C6H4O2S.C2H6/c7-3-5-1-2-6(4-8)9-5;1-2/h1-4H;1-2H3. The van der Waals surface area contributed by atoms with E-state index in [4.69, 9.17) is 0 Å². The van der Waals surface area contributed by atoms with Crippen LogP contribution in [0, 0.1) is 0 Å². The Morgan fingerprint density at radius 1 is 1.09 bits per heavy atom. The zero-order valence-corrected chi connectivity index (χ0v) is 7.35. The Hall–Kier alpha value is -0.960. The SMILES string of the molecule is CC.O=Cc1ccc(C=O)s1. The van der Waals surface area contributed by atoms with Crippen LogP contribution in [0.15, 0.2) is 12.1 Å². The van der Waals surface area contributed by atoms with Crippen molar-refractivity contribution in [2.75, 3.05) is 0 Å². The third kappa shape index (κ3) is 3.09. The fourth-order valence-electron chi connectivity index (χ4n) is 0.495. The van der Waals surface area contributed by atoms with E-state index in [9.17, 15) is 9.59 Å². The summed E-state index contributed by atoms with van der Waals surface area (Å²) in [6.07, 6.45) is 1.47. The highest BCUT2D eigenvalue weighted by atomic mass is 32.1. The fourth-order valence-corrected chi connectivity index (χ4v) is 1.14. The van der Waals surface area contributed by atoms with Crippen LogP contribution in [0.2, 0.25) is 0 Å². The molecule has 0 amide bonds. The lowest BCUT2D eigenvalue weighted by molar-refractivity contribution is 0.112. The Bertz CT molecular complexity index is 205. The minimum Gasteiger partial charge on any atom is -0.297 e. The maximum atomic E-state index is 10.0. The van der Waals surface area contributed by atoms with Crippen LogP contribution >= 0.6 is 11.3 Å². The molecule has 11 heavy (non-hydrogen) atoms. The van der Waals surface area contributed by atoms with E-state index < -0.39 is 0 Å². The van der Waals surface area contributed by atoms with Gasteiger partial charge in [0.2, 0.25) is 0 Å². The molecule has 0 saturated heterocycles. The Morgan fingerprint density at radius 3 is 1.64 bits per heavy atom. The number of hydrogen-bond donors (Lipinski definition) is 0. The Morgan fingerprint density at radius 2 is 1.45 bits per heavy atom. The van der Waals surface area contributed by atoms with Gasteiger partial charge in [0, 0.05) is 0 Å². The predicted octanol–water partition coefficient (Wildman–Crippen LogP) is 2.40. The highest BCUT2D eigenvalue weighted by molar-refractivity contribution is 7.15. The molecule has 2 nitrogen and oxygen atoms in total. The summed E-state index contributed by atoms with van der Waals surface area (Å²) in [5, 5.41) is 0. The molecule has 0 aliphatic carbocycles. The smallest absolute Gasteiger partial charge is 0.160 e. The van der Waals surface area contributed by atoms with Gasteiger partial charge >= 0.3 is 0 Å². The maximum absolute atomic E-state index is 10.0. The van der Waals surface area contributed by atoms with Gasteiger partial charge in [0.25, 0.3) is 0 Å². The van der Waals surface area contributed by atoms with E-state index >= 15 is 0 Å². The highest BCUT2D eigenvalue weighted by Crippen LogP contribution is 2.10. The van der Waals surface area contributed by atoms with Gasteiger partial charge in [0.05, 0.1) is 9.75 Å². The summed E-state index contributed by atoms with van der Waals surface area (Å²) in [6, 6.07) is 3.25. The lowest BCUT2D eigenvalue weighted by atomic mass is 10.4. The number of hydrogen-bond acceptors (Lipinski definition) is 3. The van der Waals surface area contributed by atoms with Crippen molar-refractivity contribution in [2.45, 2.75) is 13.8 Å². The second-order valence-corrected chi connectivity index (χ2v) is 2.62. The molecule has 0 atom stereocenters. The molecule has 60 valence electrons. The van der Waals surface area contributed by atoms with Gasteiger partial charge in [0.15, 0.2) is 12.6 Å². The van der Waals surface area contributed by atoms with Gasteiger partial charge in [-0.3, -0.25) is 9.59 Å². The molecule has 0 saturated carbocycles. The van der Waals surface area contributed by atoms with E-state index in [2.05, 4.69) is 0 Å². The van der Waals surface area contributed by atoms with Crippen LogP contribution in [-0.2, 0) is 0 Å². The van der Waals surface area contributed by atoms with Gasteiger partial charge in [0.1, 0.15) is 0 Å². The summed E-state index contributed by atoms with van der Waals surface area (Å²) in [7, 11) is 0. The van der Waals surface area contributed by atoms with Crippen LogP contribution in [0.4, 0.5) is 0 Å². The van der Waals surface area contributed by atoms with Gasteiger partial charge in [-0.2, -0.15) is 0 Å². The molecule has 0 radical (unpaired) electrons. The second-order valence-electron chi connectivity index (χ2n) is 1.48. The van der Waals surface area contributed by atoms with Crippen molar-refractivity contribution in [3.63, 3.8) is 0 Å². The van der Waals surface area contributed by atoms with Crippen LogP contribution < -0.4 is 0 Å². The number of aldehydes is 2. The van der Waals surface area contributed by atoms with E-state index in [0.717, 1.165) is 12.6 Å². The molecule has 0 spiro atoms. The van der Waals surface area contributed by atoms with E-state index in [0.29, 0.717) is 9.75 Å². The zero-order valence-electron chi connectivity index (χ0n) is 6.53. The van der Waals surface area contributed by atoms with Crippen molar-refractivity contribution >= 4 is 23.9 Å². The molecule has 0 fully saturated rings. The molecule has 1 aromatic heterocycles. The number of thiophene rings is 1. The highest BCUT2D eigenvalue weighted by Gasteiger charge is 1.94. The number of carbonyl (C=O) groups excluding carboxylic acids is 2. The van der Waals surface area contributed by atoms with Gasteiger partial charge < -0.3 is 0 Å². The first kappa shape index (κ1) is 10.0. The van der Waals surface area contributed by atoms with Crippen LogP contribution in [-0.4, -0.2) is 12.6 Å². The molecule has 3 heteroatoms. The molecule has 1 aromatic rings. The molecule has 0 aliphatic heterocycles. The number of rotatable bonds is 2. The van der Waals surface area contributed by atoms with Crippen LogP contribution in [0.5, 0.6) is 0 Å². The van der Waals surface area contributed by atoms with E-state index in [1.807, 2.05) is 13.8 Å². The van der Waals surface area contributed by atoms with Crippen molar-refractivity contribution in [1.82, 2.24) is 0 Å². The van der Waals surface area contributed by atoms with Crippen molar-refractivity contribution in [2.24, 2.45) is 0 Å². The number of carbonyl (C=O) groups is 2. The lowest BCUT2D eigenvalue weighted by Gasteiger charge is -1.71. The summed E-state index contributed by atoms with van der Waals surface area (Å²) < 4.78 is 0. The Balaban J connectivity index is 0.000000461. The topological polar surface area (TPSA) is 34.1 Å². The molecule has 0 N–H and O–H groups in total. The van der Waals surface area contributed by atoms with Crippen LogP contribution in [0.25, 0.3) is 0 Å². The maximum Gasteiger partial charge on any atom is 0.160 e. The van der Waals surface area contributed by atoms with Gasteiger partial charge in [-0.1, -0.05) is 13.8 Å². The van der Waals surface area contributed by atoms with E-state index in [-0.39, 0.29) is 0 Å². The summed E-state index contributed by atoms with van der Waals surface area (Å²) in [6.45, 7) is 4.00. The minimum atomic E-state index is 0.595. The molecule has 1 rings (SSSR count). The first-order valence-corrected chi connectivity index (χ1v) is 4.18. The summed E-state index contributed by atoms with van der Waals surface area (Å²) in [4.78, 5) is 21.2. The van der Waals surface area contributed by atoms with Gasteiger partial charge in [-0.15, -0.1) is 11.3 Å². The van der Waals surface area contributed by atoms with Crippen molar-refractivity contribution in [3.05, 3.63) is 21.9 Å². The quantitative estimate of drug-likeness (QED) is 0.639. The zero-order chi connectivity index (χ0) is 8.69. The van der Waals surface area contributed by atoms with Crippen LogP contribution in [0.1, 0.15) is 33.2 Å². The normalized spacial score (nSPS) is 7.82. The third-order valence-corrected chi connectivity index (χ3v) is 1.82. The molecule has 1 heterocycles. The average molecular weight is 170 g/mol. The largest absolute Gasteiger partial charge is 0.297 e. The van der Waals surface area contributed by atoms with Crippen molar-refractivity contribution < 1.29 is 9.59 Å². The predicted molar refractivity (Wildman–Crippen MR) is 46.4 cm³/mol. The fraction of sp³-hybridized carbons (Fsp3) is 0.250. The second kappa shape index (κ2) is 5.80. The van der Waals surface area contributed by atoms with E-state index in [1.54, 1.807) is 12.1 Å². The van der Waals surface area contributed by atoms with Crippen LogP contribution in [0.3, 0.4) is 0 Å². The summed E-state index contributed by atoms with van der Waals surface area (Å²) >= 11 is 1.20. The Kier molecular flexibility index (Phi) is 5.29. The lowest BCUT2D eigenvalue weighted by Crippen LogP contribution is -1.64. The Labute approximate surface area is 69.9 Å². The van der Waals surface area contributed by atoms with Gasteiger partial charge in [-0.25, -0.2) is 0 Å². The third-order valence-electron chi connectivity index (χ3n) is 0.880. The first-order chi connectivity index (χ1) is 5.36. The summed E-state index contributed by atoms with van der Waals surface area (Å²) in [5.74, 6) is 0.